The first-order chi connectivity index (χ1) is 7.15. The first-order valence-corrected chi connectivity index (χ1v) is 4.51. The lowest BCUT2D eigenvalue weighted by atomic mass is 10.2. The Bertz CT molecular complexity index is 351. The molecule has 0 saturated heterocycles. The van der Waals surface area contributed by atoms with Crippen molar-refractivity contribution in [2.24, 2.45) is 0 Å². The Morgan fingerprint density at radius 3 is 2.80 bits per heavy atom. The number of carboxylic acids is 1. The zero-order chi connectivity index (χ0) is 11.3. The van der Waals surface area contributed by atoms with E-state index < -0.39 is 5.97 Å². The lowest BCUT2D eigenvalue weighted by molar-refractivity contribution is 0.0692. The van der Waals surface area contributed by atoms with Gasteiger partial charge in [0.05, 0.1) is 6.61 Å². The number of carbonyl (C=O) groups is 1. The van der Waals surface area contributed by atoms with E-state index in [2.05, 4.69) is 0 Å². The molecule has 0 saturated carbocycles. The summed E-state index contributed by atoms with van der Waals surface area (Å²) in [7, 11) is 0. The van der Waals surface area contributed by atoms with Crippen molar-refractivity contribution < 1.29 is 19.7 Å². The van der Waals surface area contributed by atoms with Crippen LogP contribution in [0.25, 0.3) is 0 Å². The van der Waals surface area contributed by atoms with Crippen LogP contribution in [0.5, 0.6) is 5.75 Å². The molecule has 0 aliphatic heterocycles. The van der Waals surface area contributed by atoms with Crippen molar-refractivity contribution in [2.75, 3.05) is 18.9 Å². The predicted octanol–water partition coefficient (Wildman–Crippen LogP) is 0.728. The van der Waals surface area contributed by atoms with E-state index in [9.17, 15) is 4.79 Å². The second-order valence-corrected chi connectivity index (χ2v) is 2.99. The van der Waals surface area contributed by atoms with Gasteiger partial charge in [0.1, 0.15) is 11.3 Å². The summed E-state index contributed by atoms with van der Waals surface area (Å²) in [4.78, 5) is 10.8. The van der Waals surface area contributed by atoms with Crippen LogP contribution in [0, 0.1) is 0 Å². The van der Waals surface area contributed by atoms with Gasteiger partial charge in [-0.25, -0.2) is 4.79 Å². The van der Waals surface area contributed by atoms with Gasteiger partial charge in [-0.05, 0) is 18.2 Å². The molecule has 0 fully saturated rings. The van der Waals surface area contributed by atoms with E-state index >= 15 is 0 Å². The van der Waals surface area contributed by atoms with Gasteiger partial charge in [0.2, 0.25) is 0 Å². The number of benzene rings is 1. The molecule has 0 heterocycles. The van der Waals surface area contributed by atoms with Gasteiger partial charge >= 0.3 is 5.97 Å². The molecule has 1 aromatic carbocycles. The molecular formula is C10H13NO4. The molecule has 1 rings (SSSR count). The first kappa shape index (κ1) is 11.3. The summed E-state index contributed by atoms with van der Waals surface area (Å²) < 4.78 is 5.20. The average molecular weight is 211 g/mol. The number of rotatable bonds is 5. The van der Waals surface area contributed by atoms with Gasteiger partial charge in [-0.3, -0.25) is 0 Å². The summed E-state index contributed by atoms with van der Waals surface area (Å²) in [5.74, 6) is -0.813. The Morgan fingerprint density at radius 2 is 2.20 bits per heavy atom. The number of hydrogen-bond acceptors (Lipinski definition) is 4. The zero-order valence-electron chi connectivity index (χ0n) is 8.14. The maximum Gasteiger partial charge on any atom is 0.339 e. The van der Waals surface area contributed by atoms with E-state index in [0.29, 0.717) is 12.1 Å². The van der Waals surface area contributed by atoms with E-state index in [1.54, 1.807) is 6.07 Å². The lowest BCUT2D eigenvalue weighted by Crippen LogP contribution is -2.06. The summed E-state index contributed by atoms with van der Waals surface area (Å²) in [5.41, 5.74) is 5.87. The highest BCUT2D eigenvalue weighted by Gasteiger charge is 2.11. The molecule has 1 aromatic rings. The third-order valence-corrected chi connectivity index (χ3v) is 1.79. The summed E-state index contributed by atoms with van der Waals surface area (Å²) in [6.07, 6.45) is 0.462. The van der Waals surface area contributed by atoms with Crippen molar-refractivity contribution in [2.45, 2.75) is 6.42 Å². The molecule has 4 N–H and O–H groups in total. The van der Waals surface area contributed by atoms with E-state index in [1.807, 2.05) is 0 Å². The van der Waals surface area contributed by atoms with Crippen molar-refractivity contribution in [1.82, 2.24) is 0 Å². The van der Waals surface area contributed by atoms with Crippen LogP contribution in [0.15, 0.2) is 18.2 Å². The molecule has 5 heteroatoms. The van der Waals surface area contributed by atoms with E-state index in [4.69, 9.17) is 20.7 Å². The molecule has 15 heavy (non-hydrogen) atoms. The van der Waals surface area contributed by atoms with Gasteiger partial charge in [0.15, 0.2) is 0 Å². The summed E-state index contributed by atoms with van der Waals surface area (Å²) in [6, 6.07) is 4.42. The standard InChI is InChI=1S/C10H13NO4/c11-7-2-3-9(15-5-1-4-12)8(6-7)10(13)14/h2-3,6,12H,1,4-5,11H2,(H,13,14). The van der Waals surface area contributed by atoms with Crippen molar-refractivity contribution >= 4 is 11.7 Å². The molecule has 0 amide bonds. The van der Waals surface area contributed by atoms with Crippen LogP contribution < -0.4 is 10.5 Å². The highest BCUT2D eigenvalue weighted by atomic mass is 16.5. The van der Waals surface area contributed by atoms with E-state index in [1.165, 1.54) is 12.1 Å². The van der Waals surface area contributed by atoms with E-state index in [-0.39, 0.29) is 24.5 Å². The molecule has 0 aliphatic carbocycles. The normalized spacial score (nSPS) is 9.93. The van der Waals surface area contributed by atoms with Crippen LogP contribution in [-0.4, -0.2) is 29.4 Å². The largest absolute Gasteiger partial charge is 0.493 e. The summed E-state index contributed by atoms with van der Waals surface area (Å²) in [6.45, 7) is 0.290. The van der Waals surface area contributed by atoms with Crippen LogP contribution >= 0.6 is 0 Å². The second kappa shape index (κ2) is 5.21. The number of anilines is 1. The van der Waals surface area contributed by atoms with Crippen LogP contribution in [0.1, 0.15) is 16.8 Å². The molecule has 0 bridgehead atoms. The molecule has 0 unspecified atom stereocenters. The lowest BCUT2D eigenvalue weighted by Gasteiger charge is -2.08. The van der Waals surface area contributed by atoms with Gasteiger partial charge in [-0.1, -0.05) is 0 Å². The quantitative estimate of drug-likeness (QED) is 0.493. The molecular weight excluding hydrogens is 198 g/mol. The highest BCUT2D eigenvalue weighted by molar-refractivity contribution is 5.92. The Kier molecular flexibility index (Phi) is 3.93. The molecule has 0 aliphatic rings. The van der Waals surface area contributed by atoms with Crippen molar-refractivity contribution in [3.8, 4) is 5.75 Å². The molecule has 82 valence electrons. The van der Waals surface area contributed by atoms with Crippen LogP contribution in [0.4, 0.5) is 5.69 Å². The molecule has 0 radical (unpaired) electrons. The van der Waals surface area contributed by atoms with Crippen LogP contribution in [0.2, 0.25) is 0 Å². The number of hydrogen-bond donors (Lipinski definition) is 3. The minimum Gasteiger partial charge on any atom is -0.493 e. The average Bonchev–Trinajstić information content (AvgIpc) is 2.20. The number of ether oxygens (including phenoxy) is 1. The summed E-state index contributed by atoms with van der Waals surface area (Å²) >= 11 is 0. The predicted molar refractivity (Wildman–Crippen MR) is 55.0 cm³/mol. The monoisotopic (exact) mass is 211 g/mol. The fraction of sp³-hybridized carbons (Fsp3) is 0.300. The topological polar surface area (TPSA) is 92.8 Å². The van der Waals surface area contributed by atoms with Gasteiger partial charge in [0.25, 0.3) is 0 Å². The molecule has 0 spiro atoms. The fourth-order valence-electron chi connectivity index (χ4n) is 1.09. The second-order valence-electron chi connectivity index (χ2n) is 2.99. The zero-order valence-corrected chi connectivity index (χ0v) is 8.14. The Hall–Kier alpha value is -1.75. The number of aromatic carboxylic acids is 1. The SMILES string of the molecule is Nc1ccc(OCCCO)c(C(=O)O)c1. The van der Waals surface area contributed by atoms with Crippen LogP contribution in [-0.2, 0) is 0 Å². The molecule has 0 aromatic heterocycles. The van der Waals surface area contributed by atoms with Crippen molar-refractivity contribution in [3.05, 3.63) is 23.8 Å². The van der Waals surface area contributed by atoms with Crippen molar-refractivity contribution in [3.63, 3.8) is 0 Å². The molecule has 0 atom stereocenters. The number of nitrogens with two attached hydrogens (primary N) is 1. The highest BCUT2D eigenvalue weighted by Crippen LogP contribution is 2.21. The number of carboxylic acid groups (broad SMARTS) is 1. The fourth-order valence-corrected chi connectivity index (χ4v) is 1.09. The van der Waals surface area contributed by atoms with Gasteiger partial charge in [-0.15, -0.1) is 0 Å². The maximum atomic E-state index is 10.8. The number of aliphatic hydroxyl groups excluding tert-OH is 1. The van der Waals surface area contributed by atoms with Gasteiger partial charge in [0, 0.05) is 18.7 Å². The van der Waals surface area contributed by atoms with Crippen LogP contribution in [0.3, 0.4) is 0 Å². The van der Waals surface area contributed by atoms with Gasteiger partial charge < -0.3 is 20.7 Å². The first-order valence-electron chi connectivity index (χ1n) is 4.51. The van der Waals surface area contributed by atoms with Gasteiger partial charge in [-0.2, -0.15) is 0 Å². The third-order valence-electron chi connectivity index (χ3n) is 1.79. The number of aliphatic hydroxyl groups is 1. The minimum atomic E-state index is -1.08. The third kappa shape index (κ3) is 3.14. The maximum absolute atomic E-state index is 10.8. The number of nitrogen functional groups attached to an aromatic ring is 1. The Labute approximate surface area is 87.1 Å². The minimum absolute atomic E-state index is 0.0113. The van der Waals surface area contributed by atoms with Crippen molar-refractivity contribution in [1.29, 1.82) is 0 Å². The Balaban J connectivity index is 2.81. The molecule has 5 nitrogen and oxygen atoms in total. The van der Waals surface area contributed by atoms with E-state index in [0.717, 1.165) is 0 Å². The Morgan fingerprint density at radius 1 is 1.47 bits per heavy atom. The smallest absolute Gasteiger partial charge is 0.339 e. The summed E-state index contributed by atoms with van der Waals surface area (Å²) in [5, 5.41) is 17.4.